The van der Waals surface area contributed by atoms with Gasteiger partial charge in [-0.1, -0.05) is 6.07 Å². The minimum atomic E-state index is -0.200. The lowest BCUT2D eigenvalue weighted by Gasteiger charge is -2.11. The molecule has 1 aromatic heterocycles. The molecule has 18 heavy (non-hydrogen) atoms. The summed E-state index contributed by atoms with van der Waals surface area (Å²) in [5, 5.41) is 5.15. The lowest BCUT2D eigenvalue weighted by atomic mass is 10.1. The zero-order valence-corrected chi connectivity index (χ0v) is 11.3. The summed E-state index contributed by atoms with van der Waals surface area (Å²) in [6, 6.07) is 3.80. The van der Waals surface area contributed by atoms with E-state index in [0.29, 0.717) is 16.4 Å². The topological polar surface area (TPSA) is 51.2 Å². The number of benzene rings is 1. The molecule has 0 aliphatic rings. The predicted octanol–water partition coefficient (Wildman–Crippen LogP) is 3.02. The summed E-state index contributed by atoms with van der Waals surface area (Å²) < 4.78 is 5.29. The lowest BCUT2D eigenvalue weighted by Crippen LogP contribution is -2.13. The van der Waals surface area contributed by atoms with Crippen molar-refractivity contribution in [1.29, 1.82) is 0 Å². The van der Waals surface area contributed by atoms with E-state index in [1.54, 1.807) is 13.3 Å². The van der Waals surface area contributed by atoms with Crippen LogP contribution in [0.15, 0.2) is 23.7 Å². The van der Waals surface area contributed by atoms with Crippen molar-refractivity contribution in [1.82, 2.24) is 4.98 Å². The standard InChI is InChI=1S/C13H14N2O2S/c1-8-6-9(2)11(17-3)10(7-8)12(16)15-13-14-4-5-18-13/h4-7H,1-3H3,(H,14,15,16). The van der Waals surface area contributed by atoms with Gasteiger partial charge in [0.05, 0.1) is 12.7 Å². The maximum atomic E-state index is 12.2. The first-order valence-electron chi connectivity index (χ1n) is 5.48. The number of carbonyl (C=O) groups is 1. The number of rotatable bonds is 3. The zero-order chi connectivity index (χ0) is 13.1. The number of carbonyl (C=O) groups excluding carboxylic acids is 1. The van der Waals surface area contributed by atoms with E-state index in [-0.39, 0.29) is 5.91 Å². The number of amides is 1. The lowest BCUT2D eigenvalue weighted by molar-refractivity contribution is 0.102. The van der Waals surface area contributed by atoms with Gasteiger partial charge in [-0.3, -0.25) is 10.1 Å². The summed E-state index contributed by atoms with van der Waals surface area (Å²) in [7, 11) is 1.57. The van der Waals surface area contributed by atoms with E-state index in [1.807, 2.05) is 31.4 Å². The third kappa shape index (κ3) is 2.51. The summed E-state index contributed by atoms with van der Waals surface area (Å²) in [5.41, 5.74) is 2.50. The third-order valence-corrected chi connectivity index (χ3v) is 3.21. The highest BCUT2D eigenvalue weighted by molar-refractivity contribution is 7.13. The Hall–Kier alpha value is -1.88. The second-order valence-corrected chi connectivity index (χ2v) is 4.85. The average molecular weight is 262 g/mol. The van der Waals surface area contributed by atoms with Crippen molar-refractivity contribution < 1.29 is 9.53 Å². The molecule has 1 heterocycles. The minimum absolute atomic E-state index is 0.200. The second kappa shape index (κ2) is 5.18. The maximum Gasteiger partial charge on any atom is 0.261 e. The van der Waals surface area contributed by atoms with Crippen molar-refractivity contribution in [3.8, 4) is 5.75 Å². The fraction of sp³-hybridized carbons (Fsp3) is 0.231. The van der Waals surface area contributed by atoms with Crippen LogP contribution in [0.4, 0.5) is 5.13 Å². The van der Waals surface area contributed by atoms with Gasteiger partial charge in [0.15, 0.2) is 5.13 Å². The molecule has 0 unspecified atom stereocenters. The number of ether oxygens (including phenoxy) is 1. The molecular formula is C13H14N2O2S. The number of hydrogen-bond donors (Lipinski definition) is 1. The molecule has 1 aromatic carbocycles. The fourth-order valence-electron chi connectivity index (χ4n) is 1.84. The van der Waals surface area contributed by atoms with Crippen LogP contribution in [0.25, 0.3) is 0 Å². The van der Waals surface area contributed by atoms with Crippen LogP contribution in [0.1, 0.15) is 21.5 Å². The molecule has 0 atom stereocenters. The molecule has 94 valence electrons. The van der Waals surface area contributed by atoms with Crippen molar-refractivity contribution in [3.05, 3.63) is 40.4 Å². The molecule has 0 aliphatic heterocycles. The molecule has 0 bridgehead atoms. The normalized spacial score (nSPS) is 10.2. The fourth-order valence-corrected chi connectivity index (χ4v) is 2.37. The number of aromatic nitrogens is 1. The van der Waals surface area contributed by atoms with Crippen LogP contribution >= 0.6 is 11.3 Å². The SMILES string of the molecule is COc1c(C)cc(C)cc1C(=O)Nc1nccs1. The molecule has 5 heteroatoms. The van der Waals surface area contributed by atoms with Gasteiger partial charge in [0.1, 0.15) is 5.75 Å². The Bertz CT molecular complexity index is 565. The number of hydrogen-bond acceptors (Lipinski definition) is 4. The molecule has 4 nitrogen and oxygen atoms in total. The number of anilines is 1. The van der Waals surface area contributed by atoms with E-state index >= 15 is 0 Å². The molecule has 2 rings (SSSR count). The van der Waals surface area contributed by atoms with Gasteiger partial charge in [-0.2, -0.15) is 0 Å². The van der Waals surface area contributed by atoms with E-state index in [9.17, 15) is 4.79 Å². The Morgan fingerprint density at radius 1 is 1.39 bits per heavy atom. The summed E-state index contributed by atoms with van der Waals surface area (Å²) in [6.45, 7) is 3.87. The van der Waals surface area contributed by atoms with E-state index in [0.717, 1.165) is 11.1 Å². The van der Waals surface area contributed by atoms with Crippen LogP contribution in [0.5, 0.6) is 5.75 Å². The van der Waals surface area contributed by atoms with Gasteiger partial charge in [-0.25, -0.2) is 4.98 Å². The first-order chi connectivity index (χ1) is 8.61. The Kier molecular flexibility index (Phi) is 3.62. The third-order valence-electron chi connectivity index (χ3n) is 2.52. The van der Waals surface area contributed by atoms with E-state index in [2.05, 4.69) is 10.3 Å². The number of methoxy groups -OCH3 is 1. The van der Waals surface area contributed by atoms with E-state index in [4.69, 9.17) is 4.74 Å². The highest BCUT2D eigenvalue weighted by atomic mass is 32.1. The zero-order valence-electron chi connectivity index (χ0n) is 10.5. The summed E-state index contributed by atoms with van der Waals surface area (Å²) in [4.78, 5) is 16.2. The van der Waals surface area contributed by atoms with Crippen LogP contribution in [0, 0.1) is 13.8 Å². The van der Waals surface area contributed by atoms with Crippen LogP contribution in [-0.2, 0) is 0 Å². The summed E-state index contributed by atoms with van der Waals surface area (Å²) in [6.07, 6.45) is 1.65. The Balaban J connectivity index is 2.35. The largest absolute Gasteiger partial charge is 0.496 e. The first kappa shape index (κ1) is 12.6. The monoisotopic (exact) mass is 262 g/mol. The Morgan fingerprint density at radius 3 is 2.78 bits per heavy atom. The Labute approximate surface area is 110 Å². The van der Waals surface area contributed by atoms with Crippen molar-refractivity contribution >= 4 is 22.4 Å². The summed E-state index contributed by atoms with van der Waals surface area (Å²) >= 11 is 1.38. The van der Waals surface area contributed by atoms with Crippen LogP contribution < -0.4 is 10.1 Å². The molecule has 2 aromatic rings. The van der Waals surface area contributed by atoms with Gasteiger partial charge in [0.25, 0.3) is 5.91 Å². The first-order valence-corrected chi connectivity index (χ1v) is 6.36. The van der Waals surface area contributed by atoms with Crippen LogP contribution in [-0.4, -0.2) is 18.0 Å². The minimum Gasteiger partial charge on any atom is -0.496 e. The molecule has 1 N–H and O–H groups in total. The number of aryl methyl sites for hydroxylation is 2. The van der Waals surface area contributed by atoms with Crippen molar-refractivity contribution in [2.75, 3.05) is 12.4 Å². The van der Waals surface area contributed by atoms with Gasteiger partial charge < -0.3 is 4.74 Å². The maximum absolute atomic E-state index is 12.2. The molecule has 0 radical (unpaired) electrons. The average Bonchev–Trinajstić information content (AvgIpc) is 2.80. The van der Waals surface area contributed by atoms with Crippen molar-refractivity contribution in [2.24, 2.45) is 0 Å². The molecule has 1 amide bonds. The van der Waals surface area contributed by atoms with Gasteiger partial charge in [-0.15, -0.1) is 11.3 Å². The molecule has 0 fully saturated rings. The van der Waals surface area contributed by atoms with Crippen molar-refractivity contribution in [3.63, 3.8) is 0 Å². The van der Waals surface area contributed by atoms with Gasteiger partial charge in [0, 0.05) is 11.6 Å². The van der Waals surface area contributed by atoms with Crippen LogP contribution in [0.2, 0.25) is 0 Å². The highest BCUT2D eigenvalue weighted by Gasteiger charge is 2.15. The highest BCUT2D eigenvalue weighted by Crippen LogP contribution is 2.26. The predicted molar refractivity (Wildman–Crippen MR) is 72.5 cm³/mol. The smallest absolute Gasteiger partial charge is 0.261 e. The van der Waals surface area contributed by atoms with Gasteiger partial charge >= 0.3 is 0 Å². The molecule has 0 saturated carbocycles. The summed E-state index contributed by atoms with van der Waals surface area (Å²) in [5.74, 6) is 0.406. The van der Waals surface area contributed by atoms with Gasteiger partial charge in [-0.05, 0) is 31.0 Å². The Morgan fingerprint density at radius 2 is 2.17 bits per heavy atom. The molecular weight excluding hydrogens is 248 g/mol. The van der Waals surface area contributed by atoms with Gasteiger partial charge in [0.2, 0.25) is 0 Å². The van der Waals surface area contributed by atoms with Crippen LogP contribution in [0.3, 0.4) is 0 Å². The van der Waals surface area contributed by atoms with Crippen molar-refractivity contribution in [2.45, 2.75) is 13.8 Å². The number of thiazole rings is 1. The molecule has 0 aliphatic carbocycles. The number of nitrogens with zero attached hydrogens (tertiary/aromatic N) is 1. The molecule has 0 saturated heterocycles. The quantitative estimate of drug-likeness (QED) is 0.925. The second-order valence-electron chi connectivity index (χ2n) is 3.95. The van der Waals surface area contributed by atoms with E-state index < -0.39 is 0 Å². The number of nitrogens with one attached hydrogen (secondary N) is 1. The molecule has 0 spiro atoms. The van der Waals surface area contributed by atoms with E-state index in [1.165, 1.54) is 11.3 Å².